The monoisotopic (exact) mass is 449 g/mol. The standard InChI is InChI=1S/C26H21F2NO4/c1-14-12-21(33-3)15(2)11-18(14)24(30)22-23(16-7-5-4-6-8-16)29(26(32)25(22)31)20-13-17(27)9-10-19(20)28/h4-13,23,30H,1-3H3/b24-22+. The van der Waals surface area contributed by atoms with Crippen molar-refractivity contribution in [2.24, 2.45) is 0 Å². The second-order valence-electron chi connectivity index (χ2n) is 7.81. The lowest BCUT2D eigenvalue weighted by Gasteiger charge is -2.26. The molecule has 1 aliphatic heterocycles. The number of Topliss-reactive ketones (excluding diaryl/α,β-unsaturated/α-hetero) is 1. The van der Waals surface area contributed by atoms with Crippen LogP contribution in [0.3, 0.4) is 0 Å². The Morgan fingerprint density at radius 2 is 1.67 bits per heavy atom. The minimum atomic E-state index is -1.15. The van der Waals surface area contributed by atoms with Crippen LogP contribution in [0.15, 0.2) is 66.2 Å². The van der Waals surface area contributed by atoms with E-state index in [0.717, 1.165) is 23.1 Å². The predicted molar refractivity (Wildman–Crippen MR) is 120 cm³/mol. The Balaban J connectivity index is 1.99. The third kappa shape index (κ3) is 3.75. The number of amides is 1. The average molecular weight is 449 g/mol. The van der Waals surface area contributed by atoms with Crippen LogP contribution in [0.4, 0.5) is 14.5 Å². The zero-order valence-corrected chi connectivity index (χ0v) is 18.2. The first-order valence-corrected chi connectivity index (χ1v) is 10.2. The summed E-state index contributed by atoms with van der Waals surface area (Å²) in [7, 11) is 1.52. The quantitative estimate of drug-likeness (QED) is 0.337. The average Bonchev–Trinajstić information content (AvgIpc) is 3.07. The number of carbonyl (C=O) groups is 2. The van der Waals surface area contributed by atoms with Gasteiger partial charge in [0, 0.05) is 11.6 Å². The molecule has 0 bridgehead atoms. The van der Waals surface area contributed by atoms with E-state index in [4.69, 9.17) is 4.74 Å². The summed E-state index contributed by atoms with van der Waals surface area (Å²) >= 11 is 0. The molecule has 7 heteroatoms. The highest BCUT2D eigenvalue weighted by molar-refractivity contribution is 6.51. The van der Waals surface area contributed by atoms with Gasteiger partial charge in [-0.3, -0.25) is 14.5 Å². The van der Waals surface area contributed by atoms with Crippen LogP contribution in [0.1, 0.15) is 28.3 Å². The second kappa shape index (κ2) is 8.50. The van der Waals surface area contributed by atoms with Crippen LogP contribution in [0, 0.1) is 25.5 Å². The first-order chi connectivity index (χ1) is 15.7. The van der Waals surface area contributed by atoms with Gasteiger partial charge in [0.1, 0.15) is 23.1 Å². The molecule has 5 nitrogen and oxygen atoms in total. The highest BCUT2D eigenvalue weighted by atomic mass is 19.1. The maximum atomic E-state index is 14.7. The van der Waals surface area contributed by atoms with E-state index in [1.54, 1.807) is 56.3 Å². The van der Waals surface area contributed by atoms with E-state index in [1.165, 1.54) is 7.11 Å². The molecule has 0 aliphatic carbocycles. The van der Waals surface area contributed by atoms with Gasteiger partial charge in [0.15, 0.2) is 0 Å². The van der Waals surface area contributed by atoms with Crippen molar-refractivity contribution in [3.8, 4) is 5.75 Å². The fraction of sp³-hybridized carbons (Fsp3) is 0.154. The number of aliphatic hydroxyl groups excluding tert-OH is 1. The molecule has 0 saturated carbocycles. The topological polar surface area (TPSA) is 66.8 Å². The van der Waals surface area contributed by atoms with Crippen LogP contribution >= 0.6 is 0 Å². The van der Waals surface area contributed by atoms with Crippen molar-refractivity contribution >= 4 is 23.1 Å². The molecule has 0 aromatic heterocycles. The number of halogens is 2. The van der Waals surface area contributed by atoms with Crippen LogP contribution in [0.2, 0.25) is 0 Å². The number of ketones is 1. The summed E-state index contributed by atoms with van der Waals surface area (Å²) < 4.78 is 34.0. The molecule has 1 saturated heterocycles. The van der Waals surface area contributed by atoms with Crippen molar-refractivity contribution in [3.05, 3.63) is 100 Å². The Kier molecular flexibility index (Phi) is 5.72. The number of rotatable bonds is 4. The summed E-state index contributed by atoms with van der Waals surface area (Å²) in [6.07, 6.45) is 0. The highest BCUT2D eigenvalue weighted by Crippen LogP contribution is 2.43. The Morgan fingerprint density at radius 3 is 2.33 bits per heavy atom. The lowest BCUT2D eigenvalue weighted by atomic mass is 9.93. The van der Waals surface area contributed by atoms with Gasteiger partial charge in [-0.25, -0.2) is 8.78 Å². The van der Waals surface area contributed by atoms with Gasteiger partial charge >= 0.3 is 0 Å². The first kappa shape index (κ1) is 22.2. The molecule has 1 aliphatic rings. The Labute approximate surface area is 189 Å². The molecule has 3 aromatic rings. The van der Waals surface area contributed by atoms with Gasteiger partial charge in [0.2, 0.25) is 0 Å². The van der Waals surface area contributed by atoms with Crippen LogP contribution < -0.4 is 9.64 Å². The third-order valence-corrected chi connectivity index (χ3v) is 5.72. The van der Waals surface area contributed by atoms with Gasteiger partial charge in [-0.2, -0.15) is 0 Å². The summed E-state index contributed by atoms with van der Waals surface area (Å²) in [6.45, 7) is 3.52. The molecule has 1 amide bonds. The Bertz CT molecular complexity index is 1300. The Hall–Kier alpha value is -4.00. The molecule has 1 N–H and O–H groups in total. The van der Waals surface area contributed by atoms with Crippen LogP contribution in [-0.2, 0) is 9.59 Å². The molecule has 168 valence electrons. The van der Waals surface area contributed by atoms with Crippen molar-refractivity contribution in [1.82, 2.24) is 0 Å². The van der Waals surface area contributed by atoms with Crippen LogP contribution in [-0.4, -0.2) is 23.9 Å². The summed E-state index contributed by atoms with van der Waals surface area (Å²) in [5.74, 6) is -3.47. The minimum absolute atomic E-state index is 0.206. The summed E-state index contributed by atoms with van der Waals surface area (Å²) in [4.78, 5) is 27.1. The number of methoxy groups -OCH3 is 1. The first-order valence-electron chi connectivity index (χ1n) is 10.2. The molecular weight excluding hydrogens is 428 g/mol. The number of hydrogen-bond donors (Lipinski definition) is 1. The normalized spacial score (nSPS) is 17.5. The molecule has 0 radical (unpaired) electrons. The number of aryl methyl sites for hydroxylation is 2. The van der Waals surface area contributed by atoms with Crippen molar-refractivity contribution in [3.63, 3.8) is 0 Å². The number of carbonyl (C=O) groups excluding carboxylic acids is 2. The van der Waals surface area contributed by atoms with E-state index in [2.05, 4.69) is 0 Å². The fourth-order valence-electron chi connectivity index (χ4n) is 4.11. The zero-order chi connectivity index (χ0) is 23.9. The van der Waals surface area contributed by atoms with E-state index in [0.29, 0.717) is 28.0 Å². The van der Waals surface area contributed by atoms with Crippen molar-refractivity contribution in [2.45, 2.75) is 19.9 Å². The van der Waals surface area contributed by atoms with E-state index in [9.17, 15) is 23.5 Å². The van der Waals surface area contributed by atoms with Crippen molar-refractivity contribution in [2.75, 3.05) is 12.0 Å². The number of nitrogens with zero attached hydrogens (tertiary/aromatic N) is 1. The smallest absolute Gasteiger partial charge is 0.300 e. The van der Waals surface area contributed by atoms with E-state index >= 15 is 0 Å². The largest absolute Gasteiger partial charge is 0.507 e. The molecule has 0 spiro atoms. The van der Waals surface area contributed by atoms with Gasteiger partial charge in [-0.05, 0) is 54.8 Å². The van der Waals surface area contributed by atoms with Gasteiger partial charge in [-0.1, -0.05) is 30.3 Å². The number of anilines is 1. The highest BCUT2D eigenvalue weighted by Gasteiger charge is 2.48. The lowest BCUT2D eigenvalue weighted by Crippen LogP contribution is -2.30. The molecule has 1 fully saturated rings. The molecule has 33 heavy (non-hydrogen) atoms. The van der Waals surface area contributed by atoms with Crippen LogP contribution in [0.25, 0.3) is 5.76 Å². The minimum Gasteiger partial charge on any atom is -0.507 e. The second-order valence-corrected chi connectivity index (χ2v) is 7.81. The van der Waals surface area contributed by atoms with Crippen molar-refractivity contribution in [1.29, 1.82) is 0 Å². The Morgan fingerprint density at radius 1 is 0.970 bits per heavy atom. The predicted octanol–water partition coefficient (Wildman–Crippen LogP) is 5.22. The van der Waals surface area contributed by atoms with Crippen molar-refractivity contribution < 1.29 is 28.2 Å². The summed E-state index contributed by atoms with van der Waals surface area (Å²) in [6, 6.07) is 13.3. The van der Waals surface area contributed by atoms with E-state index < -0.39 is 35.1 Å². The zero-order valence-electron chi connectivity index (χ0n) is 18.2. The number of aliphatic hydroxyl groups is 1. The van der Waals surface area contributed by atoms with E-state index in [-0.39, 0.29) is 11.3 Å². The number of hydrogen-bond acceptors (Lipinski definition) is 4. The number of ether oxygens (including phenoxy) is 1. The van der Waals surface area contributed by atoms with Gasteiger partial charge in [-0.15, -0.1) is 0 Å². The lowest BCUT2D eigenvalue weighted by molar-refractivity contribution is -0.132. The number of benzene rings is 3. The van der Waals surface area contributed by atoms with Gasteiger partial charge in [0.05, 0.1) is 24.4 Å². The SMILES string of the molecule is COc1cc(C)c(/C(O)=C2\C(=O)C(=O)N(c3cc(F)ccc3F)C2c2ccccc2)cc1C. The molecule has 1 heterocycles. The summed E-state index contributed by atoms with van der Waals surface area (Å²) in [5.41, 5.74) is 1.54. The molecule has 1 atom stereocenters. The van der Waals surface area contributed by atoms with E-state index in [1.807, 2.05) is 0 Å². The third-order valence-electron chi connectivity index (χ3n) is 5.72. The molecular formula is C26H21F2NO4. The van der Waals surface area contributed by atoms with Gasteiger partial charge < -0.3 is 9.84 Å². The van der Waals surface area contributed by atoms with Gasteiger partial charge in [0.25, 0.3) is 11.7 Å². The summed E-state index contributed by atoms with van der Waals surface area (Å²) in [5, 5.41) is 11.3. The molecule has 4 rings (SSSR count). The maximum absolute atomic E-state index is 14.7. The van der Waals surface area contributed by atoms with Crippen LogP contribution in [0.5, 0.6) is 5.75 Å². The fourth-order valence-corrected chi connectivity index (χ4v) is 4.11. The molecule has 1 unspecified atom stereocenters. The maximum Gasteiger partial charge on any atom is 0.300 e. The molecule has 3 aromatic carbocycles.